The number of benzene rings is 2. The van der Waals surface area contributed by atoms with Gasteiger partial charge in [-0.15, -0.1) is 0 Å². The Labute approximate surface area is 134 Å². The highest BCUT2D eigenvalue weighted by molar-refractivity contribution is 6.42. The van der Waals surface area contributed by atoms with Crippen LogP contribution in [-0.2, 0) is 0 Å². The summed E-state index contributed by atoms with van der Waals surface area (Å²) in [7, 11) is 0. The van der Waals surface area contributed by atoms with Crippen molar-refractivity contribution in [3.05, 3.63) is 75.4 Å². The molecule has 0 amide bonds. The fraction of sp³-hybridized carbons (Fsp3) is 0.118. The van der Waals surface area contributed by atoms with E-state index in [9.17, 15) is 4.79 Å². The number of carbonyl (C=O) groups is 1. The average molecular weight is 320 g/mol. The van der Waals surface area contributed by atoms with Gasteiger partial charge in [-0.3, -0.25) is 4.79 Å². The number of nitrogens with one attached hydrogen (secondary N) is 1. The van der Waals surface area contributed by atoms with Crippen molar-refractivity contribution in [2.45, 2.75) is 13.8 Å². The lowest BCUT2D eigenvalue weighted by molar-refractivity contribution is 0.104. The van der Waals surface area contributed by atoms with Crippen LogP contribution in [0.4, 0.5) is 5.69 Å². The zero-order chi connectivity index (χ0) is 15.4. The molecule has 2 rings (SSSR count). The number of carbonyl (C=O) groups excluding carboxylic acids is 1. The molecule has 0 fully saturated rings. The predicted octanol–water partition coefficient (Wildman–Crippen LogP) is 5.42. The van der Waals surface area contributed by atoms with Crippen molar-refractivity contribution in [1.29, 1.82) is 0 Å². The van der Waals surface area contributed by atoms with Gasteiger partial charge in [0.1, 0.15) is 0 Å². The monoisotopic (exact) mass is 319 g/mol. The molecular weight excluding hydrogens is 305 g/mol. The van der Waals surface area contributed by atoms with Crippen LogP contribution in [0.2, 0.25) is 10.0 Å². The van der Waals surface area contributed by atoms with E-state index in [4.69, 9.17) is 23.2 Å². The Morgan fingerprint density at radius 1 is 1.00 bits per heavy atom. The van der Waals surface area contributed by atoms with Gasteiger partial charge in [0.05, 0.1) is 10.0 Å². The summed E-state index contributed by atoms with van der Waals surface area (Å²) in [6.07, 6.45) is 3.09. The van der Waals surface area contributed by atoms with Gasteiger partial charge in [0.25, 0.3) is 0 Å². The van der Waals surface area contributed by atoms with Gasteiger partial charge in [0.2, 0.25) is 0 Å². The van der Waals surface area contributed by atoms with Crippen LogP contribution in [0.15, 0.2) is 48.7 Å². The van der Waals surface area contributed by atoms with E-state index in [0.717, 1.165) is 5.69 Å². The van der Waals surface area contributed by atoms with Crippen molar-refractivity contribution in [2.75, 3.05) is 5.32 Å². The Morgan fingerprint density at radius 3 is 2.29 bits per heavy atom. The third kappa shape index (κ3) is 4.35. The Kier molecular flexibility index (Phi) is 5.05. The van der Waals surface area contributed by atoms with E-state index in [0.29, 0.717) is 15.6 Å². The first-order valence-corrected chi connectivity index (χ1v) is 7.22. The average Bonchev–Trinajstić information content (AvgIpc) is 2.40. The minimum absolute atomic E-state index is 0.134. The first-order valence-electron chi connectivity index (χ1n) is 6.46. The van der Waals surface area contributed by atoms with Crippen molar-refractivity contribution in [3.63, 3.8) is 0 Å². The van der Waals surface area contributed by atoms with Crippen molar-refractivity contribution < 1.29 is 4.79 Å². The van der Waals surface area contributed by atoms with Crippen molar-refractivity contribution in [3.8, 4) is 0 Å². The van der Waals surface area contributed by atoms with Crippen LogP contribution in [-0.4, -0.2) is 5.78 Å². The van der Waals surface area contributed by atoms with Crippen molar-refractivity contribution in [1.82, 2.24) is 0 Å². The van der Waals surface area contributed by atoms with Gasteiger partial charge in [0.15, 0.2) is 5.78 Å². The standard InChI is InChI=1S/C17H15Cl2NO/c1-11-7-12(2)9-14(8-11)20-6-5-17(21)13-3-4-15(18)16(19)10-13/h3-10,20H,1-2H3. The van der Waals surface area contributed by atoms with Crippen LogP contribution in [0.5, 0.6) is 0 Å². The molecule has 0 saturated carbocycles. The molecule has 0 unspecified atom stereocenters. The maximum Gasteiger partial charge on any atom is 0.187 e. The van der Waals surface area contributed by atoms with Gasteiger partial charge in [-0.25, -0.2) is 0 Å². The Balaban J connectivity index is 2.06. The highest BCUT2D eigenvalue weighted by Gasteiger charge is 2.04. The highest BCUT2D eigenvalue weighted by atomic mass is 35.5. The SMILES string of the molecule is Cc1cc(C)cc(NC=CC(=O)c2ccc(Cl)c(Cl)c2)c1. The zero-order valence-corrected chi connectivity index (χ0v) is 13.3. The second kappa shape index (κ2) is 6.79. The van der Waals surface area contributed by atoms with Crippen LogP contribution >= 0.6 is 23.2 Å². The molecular formula is C17H15Cl2NO. The van der Waals surface area contributed by atoms with Crippen LogP contribution in [0.25, 0.3) is 0 Å². The van der Waals surface area contributed by atoms with E-state index in [2.05, 4.69) is 11.4 Å². The third-order valence-corrected chi connectivity index (χ3v) is 3.65. The van der Waals surface area contributed by atoms with Crippen LogP contribution in [0, 0.1) is 13.8 Å². The number of hydrogen-bond acceptors (Lipinski definition) is 2. The first kappa shape index (κ1) is 15.6. The van der Waals surface area contributed by atoms with Gasteiger partial charge in [0, 0.05) is 23.5 Å². The highest BCUT2D eigenvalue weighted by Crippen LogP contribution is 2.23. The lowest BCUT2D eigenvalue weighted by Crippen LogP contribution is -1.96. The number of aryl methyl sites for hydroxylation is 2. The number of anilines is 1. The fourth-order valence-corrected chi connectivity index (χ4v) is 2.32. The summed E-state index contributed by atoms with van der Waals surface area (Å²) >= 11 is 11.7. The summed E-state index contributed by atoms with van der Waals surface area (Å²) < 4.78 is 0. The lowest BCUT2D eigenvalue weighted by Gasteiger charge is -2.04. The van der Waals surface area contributed by atoms with E-state index in [-0.39, 0.29) is 5.78 Å². The molecule has 0 aliphatic carbocycles. The Bertz CT molecular complexity index is 688. The molecule has 0 heterocycles. The summed E-state index contributed by atoms with van der Waals surface area (Å²) in [6.45, 7) is 4.06. The molecule has 0 radical (unpaired) electrons. The molecule has 0 aromatic heterocycles. The van der Waals surface area contributed by atoms with Crippen molar-refractivity contribution in [2.24, 2.45) is 0 Å². The summed E-state index contributed by atoms with van der Waals surface area (Å²) in [5, 5.41) is 3.90. The molecule has 0 aliphatic heterocycles. The summed E-state index contributed by atoms with van der Waals surface area (Å²) in [5.41, 5.74) is 3.79. The topological polar surface area (TPSA) is 29.1 Å². The Hall–Kier alpha value is -1.77. The molecule has 2 aromatic rings. The molecule has 2 nitrogen and oxygen atoms in total. The van der Waals surface area contributed by atoms with Crippen molar-refractivity contribution >= 4 is 34.7 Å². The number of halogens is 2. The molecule has 0 bridgehead atoms. The molecule has 21 heavy (non-hydrogen) atoms. The zero-order valence-electron chi connectivity index (χ0n) is 11.8. The van der Waals surface area contributed by atoms with Gasteiger partial charge in [-0.05, 0) is 55.3 Å². The minimum Gasteiger partial charge on any atom is -0.362 e. The summed E-state index contributed by atoms with van der Waals surface area (Å²) in [4.78, 5) is 12.0. The number of rotatable bonds is 4. The summed E-state index contributed by atoms with van der Waals surface area (Å²) in [5.74, 6) is -0.134. The molecule has 0 atom stereocenters. The van der Waals surface area contributed by atoms with E-state index in [1.807, 2.05) is 26.0 Å². The van der Waals surface area contributed by atoms with E-state index >= 15 is 0 Å². The van der Waals surface area contributed by atoms with E-state index < -0.39 is 0 Å². The molecule has 108 valence electrons. The first-order chi connectivity index (χ1) is 9.95. The molecule has 4 heteroatoms. The maximum absolute atomic E-state index is 12.0. The normalized spacial score (nSPS) is 10.9. The van der Waals surface area contributed by atoms with Crippen LogP contribution in [0.1, 0.15) is 21.5 Å². The van der Waals surface area contributed by atoms with E-state index in [1.165, 1.54) is 17.2 Å². The number of hydrogen-bond donors (Lipinski definition) is 1. The van der Waals surface area contributed by atoms with E-state index in [1.54, 1.807) is 24.4 Å². The molecule has 2 aromatic carbocycles. The quantitative estimate of drug-likeness (QED) is 0.602. The largest absolute Gasteiger partial charge is 0.362 e. The van der Waals surface area contributed by atoms with Gasteiger partial charge in [-0.2, -0.15) is 0 Å². The number of allylic oxidation sites excluding steroid dienone is 1. The predicted molar refractivity (Wildman–Crippen MR) is 89.5 cm³/mol. The number of ketones is 1. The smallest absolute Gasteiger partial charge is 0.187 e. The fourth-order valence-electron chi connectivity index (χ4n) is 2.02. The molecule has 0 saturated heterocycles. The van der Waals surface area contributed by atoms with Gasteiger partial charge >= 0.3 is 0 Å². The second-order valence-corrected chi connectivity index (χ2v) is 5.66. The third-order valence-electron chi connectivity index (χ3n) is 2.91. The Morgan fingerprint density at radius 2 is 1.67 bits per heavy atom. The lowest BCUT2D eigenvalue weighted by atomic mass is 10.1. The maximum atomic E-state index is 12.0. The van der Waals surface area contributed by atoms with Crippen LogP contribution < -0.4 is 5.32 Å². The van der Waals surface area contributed by atoms with Gasteiger partial charge in [-0.1, -0.05) is 29.3 Å². The second-order valence-electron chi connectivity index (χ2n) is 4.85. The minimum atomic E-state index is -0.134. The van der Waals surface area contributed by atoms with Crippen LogP contribution in [0.3, 0.4) is 0 Å². The molecule has 0 spiro atoms. The summed E-state index contributed by atoms with van der Waals surface area (Å²) in [6, 6.07) is 10.9. The molecule has 0 aliphatic rings. The van der Waals surface area contributed by atoms with Gasteiger partial charge < -0.3 is 5.32 Å². The molecule has 1 N–H and O–H groups in total.